The topological polar surface area (TPSA) is 27.7 Å². The zero-order chi connectivity index (χ0) is 7.28. The Balaban J connectivity index is 3.22. The van der Waals surface area contributed by atoms with Gasteiger partial charge in [-0.25, -0.2) is 0 Å². The van der Waals surface area contributed by atoms with Crippen LogP contribution in [0.4, 0.5) is 0 Å². The van der Waals surface area contributed by atoms with Crippen molar-refractivity contribution in [1.82, 2.24) is 0 Å². The molecule has 0 N–H and O–H groups in total. The number of hydrogen-bond donors (Lipinski definition) is 0. The smallest absolute Gasteiger partial charge is 0.407 e. The van der Waals surface area contributed by atoms with Gasteiger partial charge in [0.2, 0.25) is 0 Å². The van der Waals surface area contributed by atoms with Crippen LogP contribution in [0, 0.1) is 0 Å². The molecule has 3 nitrogen and oxygen atoms in total. The minimum Gasteiger partial charge on any atom is -0.436 e. The van der Waals surface area contributed by atoms with Crippen LogP contribution in [-0.2, 0) is 12.3 Å². The van der Waals surface area contributed by atoms with E-state index in [0.29, 0.717) is 21.0 Å². The fraction of sp³-hybridized carbons (Fsp3) is 0. The summed E-state index contributed by atoms with van der Waals surface area (Å²) in [6, 6.07) is 0. The lowest BCUT2D eigenvalue weighted by molar-refractivity contribution is 0.426. The third kappa shape index (κ3) is 5.76. The first-order chi connectivity index (χ1) is 4.20. The first-order valence-corrected chi connectivity index (χ1v) is 9.21. The van der Waals surface area contributed by atoms with Crippen LogP contribution in [0.5, 0.6) is 0 Å². The maximum atomic E-state index is 5.55. The highest BCUT2D eigenvalue weighted by atomic mass is 35.6. The van der Waals surface area contributed by atoms with E-state index in [1.165, 1.54) is 0 Å². The van der Waals surface area contributed by atoms with Crippen LogP contribution in [0.2, 0.25) is 0 Å². The van der Waals surface area contributed by atoms with Crippen molar-refractivity contribution in [2.45, 2.75) is 0 Å². The number of rotatable bonds is 4. The first-order valence-electron chi connectivity index (χ1n) is 2.20. The Bertz CT molecular complexity index is 62.8. The lowest BCUT2D eigenvalue weighted by atomic mass is 15.7. The van der Waals surface area contributed by atoms with E-state index >= 15 is 0 Å². The molecule has 0 bridgehead atoms. The summed E-state index contributed by atoms with van der Waals surface area (Å²) in [7, 11) is -2.58. The Morgan fingerprint density at radius 2 is 1.33 bits per heavy atom. The Kier molecular flexibility index (Phi) is 6.96. The lowest BCUT2D eigenvalue weighted by Gasteiger charge is -2.10. The van der Waals surface area contributed by atoms with Crippen LogP contribution in [0.3, 0.4) is 0 Å². The average Bonchev–Trinajstić information content (AvgIpc) is 1.87. The molecule has 0 fully saturated rings. The molecule has 0 aliphatic carbocycles. The molecule has 0 aromatic rings. The van der Waals surface area contributed by atoms with Crippen molar-refractivity contribution < 1.29 is 12.3 Å². The molecule has 9 heavy (non-hydrogen) atoms. The molecule has 2 atom stereocenters. The molecule has 0 radical (unpaired) electrons. The Labute approximate surface area is 72.8 Å². The van der Waals surface area contributed by atoms with Crippen molar-refractivity contribution in [3.05, 3.63) is 0 Å². The zero-order valence-electron chi connectivity index (χ0n) is 5.14. The molecule has 9 heteroatoms. The average molecular weight is 239 g/mol. The quantitative estimate of drug-likeness (QED) is 0.401. The van der Waals surface area contributed by atoms with Gasteiger partial charge in [-0.15, -0.1) is 22.2 Å². The van der Waals surface area contributed by atoms with E-state index in [0.717, 1.165) is 0 Å². The molecule has 0 saturated heterocycles. The van der Waals surface area contributed by atoms with E-state index < -0.39 is 17.2 Å². The van der Waals surface area contributed by atoms with Crippen molar-refractivity contribution in [1.29, 1.82) is 0 Å². The second-order valence-electron chi connectivity index (χ2n) is 1.16. The molecule has 0 aliphatic heterocycles. The molecule has 0 aromatic carbocycles. The summed E-state index contributed by atoms with van der Waals surface area (Å²) >= 11 is 11.1. The van der Waals surface area contributed by atoms with Crippen molar-refractivity contribution in [3.63, 3.8) is 0 Å². The van der Waals surface area contributed by atoms with Gasteiger partial charge in [-0.05, 0) is 0 Å². The summed E-state index contributed by atoms with van der Waals surface area (Å²) in [4.78, 5) is 0. The van der Waals surface area contributed by atoms with E-state index in [9.17, 15) is 0 Å². The first kappa shape index (κ1) is 10.3. The van der Waals surface area contributed by atoms with Gasteiger partial charge in [0.1, 0.15) is 21.0 Å². The van der Waals surface area contributed by atoms with Gasteiger partial charge in [0.25, 0.3) is 0 Å². The lowest BCUT2D eigenvalue weighted by Crippen LogP contribution is -2.25. The molecule has 56 valence electrons. The maximum Gasteiger partial charge on any atom is 0.407 e. The van der Waals surface area contributed by atoms with Crippen molar-refractivity contribution >= 4 is 60.3 Å². The normalized spacial score (nSPS) is 18.0. The van der Waals surface area contributed by atoms with E-state index in [1.54, 1.807) is 0 Å². The van der Waals surface area contributed by atoms with E-state index in [-0.39, 0.29) is 0 Å². The molecule has 0 aliphatic rings. The molecule has 0 spiro atoms. The highest BCUT2D eigenvalue weighted by Gasteiger charge is 2.13. The van der Waals surface area contributed by atoms with Gasteiger partial charge in [0.05, 0.1) is 0 Å². The third-order valence-corrected chi connectivity index (χ3v) is 10.3. The maximum absolute atomic E-state index is 5.55. The van der Waals surface area contributed by atoms with Crippen LogP contribution < -0.4 is 0 Å². The second kappa shape index (κ2) is 6.06. The molecular formula is H8Cl2O3Si4. The van der Waals surface area contributed by atoms with Crippen LogP contribution in [0.15, 0.2) is 0 Å². The molecule has 0 aromatic heterocycles. The largest absolute Gasteiger partial charge is 0.436 e. The summed E-state index contributed by atoms with van der Waals surface area (Å²) in [5.74, 6) is 0. The predicted molar refractivity (Wildman–Crippen MR) is 49.1 cm³/mol. The summed E-state index contributed by atoms with van der Waals surface area (Å²) in [5, 5.41) is 0. The fourth-order valence-electron chi connectivity index (χ4n) is 0.195. The fourth-order valence-corrected chi connectivity index (χ4v) is 5.91. The van der Waals surface area contributed by atoms with E-state index in [1.807, 2.05) is 0 Å². The van der Waals surface area contributed by atoms with Gasteiger partial charge >= 0.3 is 17.2 Å². The monoisotopic (exact) mass is 238 g/mol. The molecule has 0 saturated carbocycles. The van der Waals surface area contributed by atoms with Crippen molar-refractivity contribution in [2.24, 2.45) is 0 Å². The Morgan fingerprint density at radius 3 is 1.56 bits per heavy atom. The van der Waals surface area contributed by atoms with Crippen LogP contribution in [-0.4, -0.2) is 38.2 Å². The number of hydrogen-bond acceptors (Lipinski definition) is 3. The summed E-state index contributed by atoms with van der Waals surface area (Å²) in [6.07, 6.45) is 0. The highest BCUT2D eigenvalue weighted by molar-refractivity contribution is 7.09. The molecule has 0 rings (SSSR count). The second-order valence-corrected chi connectivity index (χ2v) is 9.25. The van der Waals surface area contributed by atoms with Gasteiger partial charge in [0, 0.05) is 0 Å². The Hall–Kier alpha value is 1.33. The standard InChI is InChI=1S/Cl2H8O3Si4/c1-8(3-6)5-9(2)4-7/h8-9H,6-7H3. The molecular weight excluding hydrogens is 231 g/mol. The van der Waals surface area contributed by atoms with Crippen LogP contribution in [0.1, 0.15) is 0 Å². The third-order valence-electron chi connectivity index (χ3n) is 0.585. The summed E-state index contributed by atoms with van der Waals surface area (Å²) in [6.45, 7) is 0. The minimum absolute atomic E-state index is 0.605. The SMILES string of the molecule is [SiH3]O[SiH](Cl)O[SiH](Cl)O[SiH3]. The van der Waals surface area contributed by atoms with Gasteiger partial charge in [-0.3, -0.25) is 0 Å². The zero-order valence-corrected chi connectivity index (χ0v) is 13.0. The van der Waals surface area contributed by atoms with Crippen LogP contribution in [0.25, 0.3) is 0 Å². The molecule has 0 amide bonds. The summed E-state index contributed by atoms with van der Waals surface area (Å²) in [5.41, 5.74) is 0. The Morgan fingerprint density at radius 1 is 1.00 bits per heavy atom. The van der Waals surface area contributed by atoms with Crippen molar-refractivity contribution in [2.75, 3.05) is 0 Å². The highest BCUT2D eigenvalue weighted by Crippen LogP contribution is 1.99. The van der Waals surface area contributed by atoms with Gasteiger partial charge in [-0.2, -0.15) is 0 Å². The predicted octanol–water partition coefficient (Wildman–Crippen LogP) is -2.49. The number of halogens is 2. The minimum atomic E-state index is -1.90. The van der Waals surface area contributed by atoms with Gasteiger partial charge < -0.3 is 12.3 Å². The molecule has 0 heterocycles. The van der Waals surface area contributed by atoms with E-state index in [2.05, 4.69) is 0 Å². The van der Waals surface area contributed by atoms with Gasteiger partial charge in [-0.1, -0.05) is 0 Å². The van der Waals surface area contributed by atoms with Gasteiger partial charge in [0.15, 0.2) is 0 Å². The van der Waals surface area contributed by atoms with E-state index in [4.69, 9.17) is 34.5 Å². The van der Waals surface area contributed by atoms with Crippen LogP contribution >= 0.6 is 22.2 Å². The summed E-state index contributed by atoms with van der Waals surface area (Å²) < 4.78 is 14.6. The molecule has 2 unspecified atom stereocenters. The van der Waals surface area contributed by atoms with Crippen molar-refractivity contribution in [3.8, 4) is 0 Å².